The molecular weight excluding hydrogens is 192 g/mol. The SMILES string of the molecule is CN[C@H](C(=O)N1CCCC1C)[C@@H](C)OC. The molecule has 1 saturated heterocycles. The summed E-state index contributed by atoms with van der Waals surface area (Å²) in [4.78, 5) is 14.1. The zero-order valence-electron chi connectivity index (χ0n) is 10.1. The summed E-state index contributed by atoms with van der Waals surface area (Å²) in [5, 5.41) is 3.03. The summed E-state index contributed by atoms with van der Waals surface area (Å²) >= 11 is 0. The van der Waals surface area contributed by atoms with Gasteiger partial charge in [-0.2, -0.15) is 0 Å². The predicted octanol–water partition coefficient (Wildman–Crippen LogP) is 0.620. The van der Waals surface area contributed by atoms with Crippen LogP contribution in [0, 0.1) is 0 Å². The first-order chi connectivity index (χ1) is 7.11. The summed E-state index contributed by atoms with van der Waals surface area (Å²) in [5.41, 5.74) is 0. The Bertz CT molecular complexity index is 221. The van der Waals surface area contributed by atoms with Gasteiger partial charge >= 0.3 is 0 Å². The molecule has 1 fully saturated rings. The number of methoxy groups -OCH3 is 1. The molecule has 0 saturated carbocycles. The first kappa shape index (κ1) is 12.5. The highest BCUT2D eigenvalue weighted by atomic mass is 16.5. The molecule has 4 heteroatoms. The molecule has 0 aromatic heterocycles. The van der Waals surface area contributed by atoms with Crippen LogP contribution in [0.1, 0.15) is 26.7 Å². The molecule has 3 atom stereocenters. The number of ether oxygens (including phenoxy) is 1. The Labute approximate surface area is 92.0 Å². The molecule has 0 aromatic carbocycles. The minimum atomic E-state index is -0.226. The van der Waals surface area contributed by atoms with Gasteiger partial charge in [-0.15, -0.1) is 0 Å². The predicted molar refractivity (Wildman–Crippen MR) is 59.7 cm³/mol. The fourth-order valence-electron chi connectivity index (χ4n) is 2.13. The molecule has 1 rings (SSSR count). The molecule has 1 N–H and O–H groups in total. The van der Waals surface area contributed by atoms with Crippen molar-refractivity contribution in [3.05, 3.63) is 0 Å². The van der Waals surface area contributed by atoms with Crippen molar-refractivity contribution in [2.45, 2.75) is 44.9 Å². The van der Waals surface area contributed by atoms with Crippen LogP contribution in [0.3, 0.4) is 0 Å². The van der Waals surface area contributed by atoms with Crippen molar-refractivity contribution in [3.63, 3.8) is 0 Å². The number of hydrogen-bond donors (Lipinski definition) is 1. The first-order valence-electron chi connectivity index (χ1n) is 5.62. The standard InChI is InChI=1S/C11H22N2O2/c1-8-6-5-7-13(8)11(14)10(12-3)9(2)15-4/h8-10,12H,5-7H2,1-4H3/t8?,9-,10+/m1/s1. The van der Waals surface area contributed by atoms with Crippen LogP contribution >= 0.6 is 0 Å². The average Bonchev–Trinajstić information content (AvgIpc) is 2.65. The Morgan fingerprint density at radius 3 is 2.67 bits per heavy atom. The van der Waals surface area contributed by atoms with Crippen LogP contribution in [0.2, 0.25) is 0 Å². The lowest BCUT2D eigenvalue weighted by molar-refractivity contribution is -0.137. The molecule has 1 unspecified atom stereocenters. The highest BCUT2D eigenvalue weighted by Crippen LogP contribution is 2.18. The number of amides is 1. The Morgan fingerprint density at radius 2 is 2.27 bits per heavy atom. The van der Waals surface area contributed by atoms with Gasteiger partial charge in [-0.1, -0.05) is 0 Å². The average molecular weight is 214 g/mol. The fourth-order valence-corrected chi connectivity index (χ4v) is 2.13. The van der Waals surface area contributed by atoms with Crippen molar-refractivity contribution in [2.75, 3.05) is 20.7 Å². The van der Waals surface area contributed by atoms with Gasteiger partial charge in [0, 0.05) is 19.7 Å². The number of likely N-dealkylation sites (N-methyl/N-ethyl adjacent to an activating group) is 1. The van der Waals surface area contributed by atoms with Gasteiger partial charge in [0.05, 0.1) is 6.10 Å². The zero-order chi connectivity index (χ0) is 11.4. The smallest absolute Gasteiger partial charge is 0.242 e. The maximum absolute atomic E-state index is 12.2. The monoisotopic (exact) mass is 214 g/mol. The van der Waals surface area contributed by atoms with Gasteiger partial charge in [-0.3, -0.25) is 4.79 Å². The molecule has 0 aromatic rings. The lowest BCUT2D eigenvalue weighted by Gasteiger charge is -2.29. The van der Waals surface area contributed by atoms with E-state index < -0.39 is 0 Å². The topological polar surface area (TPSA) is 41.6 Å². The molecule has 0 spiro atoms. The first-order valence-corrected chi connectivity index (χ1v) is 5.62. The van der Waals surface area contributed by atoms with Gasteiger partial charge in [0.2, 0.25) is 5.91 Å². The highest BCUT2D eigenvalue weighted by molar-refractivity contribution is 5.83. The number of nitrogens with one attached hydrogen (secondary N) is 1. The van der Waals surface area contributed by atoms with Crippen LogP contribution in [-0.2, 0) is 9.53 Å². The van der Waals surface area contributed by atoms with E-state index in [1.807, 2.05) is 11.8 Å². The van der Waals surface area contributed by atoms with E-state index in [0.717, 1.165) is 19.4 Å². The molecule has 1 amide bonds. The quantitative estimate of drug-likeness (QED) is 0.746. The highest BCUT2D eigenvalue weighted by Gasteiger charge is 2.32. The molecule has 0 bridgehead atoms. The molecule has 0 aliphatic carbocycles. The molecule has 4 nitrogen and oxygen atoms in total. The van der Waals surface area contributed by atoms with Crippen LogP contribution in [-0.4, -0.2) is 49.7 Å². The molecule has 15 heavy (non-hydrogen) atoms. The minimum Gasteiger partial charge on any atom is -0.380 e. The summed E-state index contributed by atoms with van der Waals surface area (Å²) < 4.78 is 5.21. The third kappa shape index (κ3) is 2.69. The Hall–Kier alpha value is -0.610. The summed E-state index contributed by atoms with van der Waals surface area (Å²) in [6.07, 6.45) is 2.14. The normalized spacial score (nSPS) is 25.3. The van der Waals surface area contributed by atoms with Gasteiger partial charge in [0.15, 0.2) is 0 Å². The van der Waals surface area contributed by atoms with Crippen molar-refractivity contribution < 1.29 is 9.53 Å². The van der Waals surface area contributed by atoms with E-state index in [1.165, 1.54) is 0 Å². The van der Waals surface area contributed by atoms with Gasteiger partial charge in [0.25, 0.3) is 0 Å². The second kappa shape index (κ2) is 5.47. The molecule has 0 radical (unpaired) electrons. The largest absolute Gasteiger partial charge is 0.380 e. The number of carbonyl (C=O) groups excluding carboxylic acids is 1. The van der Waals surface area contributed by atoms with Crippen molar-refractivity contribution in [1.82, 2.24) is 10.2 Å². The van der Waals surface area contributed by atoms with E-state index in [1.54, 1.807) is 14.2 Å². The van der Waals surface area contributed by atoms with E-state index >= 15 is 0 Å². The van der Waals surface area contributed by atoms with Gasteiger partial charge in [-0.05, 0) is 33.7 Å². The maximum atomic E-state index is 12.2. The van der Waals surface area contributed by atoms with E-state index in [0.29, 0.717) is 6.04 Å². The van der Waals surface area contributed by atoms with Gasteiger partial charge in [0.1, 0.15) is 6.04 Å². The van der Waals surface area contributed by atoms with E-state index in [2.05, 4.69) is 12.2 Å². The lowest BCUT2D eigenvalue weighted by atomic mass is 10.1. The summed E-state index contributed by atoms with van der Waals surface area (Å²) in [6.45, 7) is 4.91. The van der Waals surface area contributed by atoms with E-state index in [9.17, 15) is 4.79 Å². The Kier molecular flexibility index (Phi) is 4.54. The molecular formula is C11H22N2O2. The van der Waals surface area contributed by atoms with E-state index in [-0.39, 0.29) is 18.1 Å². The third-order valence-electron chi connectivity index (χ3n) is 3.25. The summed E-state index contributed by atoms with van der Waals surface area (Å²) in [6, 6.07) is 0.146. The zero-order valence-corrected chi connectivity index (χ0v) is 10.1. The summed E-state index contributed by atoms with van der Waals surface area (Å²) in [5.74, 6) is 0.164. The van der Waals surface area contributed by atoms with Crippen LogP contribution in [0.4, 0.5) is 0 Å². The second-order valence-electron chi connectivity index (χ2n) is 4.23. The van der Waals surface area contributed by atoms with Crippen LogP contribution < -0.4 is 5.32 Å². The molecule has 1 aliphatic heterocycles. The third-order valence-corrected chi connectivity index (χ3v) is 3.25. The fraction of sp³-hybridized carbons (Fsp3) is 0.909. The molecule has 1 aliphatic rings. The van der Waals surface area contributed by atoms with E-state index in [4.69, 9.17) is 4.74 Å². The van der Waals surface area contributed by atoms with Crippen LogP contribution in [0.5, 0.6) is 0 Å². The Morgan fingerprint density at radius 1 is 1.60 bits per heavy atom. The number of carbonyl (C=O) groups is 1. The minimum absolute atomic E-state index is 0.0877. The van der Waals surface area contributed by atoms with Gasteiger partial charge in [-0.25, -0.2) is 0 Å². The molecule has 88 valence electrons. The second-order valence-corrected chi connectivity index (χ2v) is 4.23. The van der Waals surface area contributed by atoms with Crippen molar-refractivity contribution in [1.29, 1.82) is 0 Å². The lowest BCUT2D eigenvalue weighted by Crippen LogP contribution is -2.52. The number of hydrogen-bond acceptors (Lipinski definition) is 3. The van der Waals surface area contributed by atoms with Crippen molar-refractivity contribution in [3.8, 4) is 0 Å². The number of nitrogens with zero attached hydrogens (tertiary/aromatic N) is 1. The number of likely N-dealkylation sites (tertiary alicyclic amines) is 1. The van der Waals surface area contributed by atoms with Crippen molar-refractivity contribution in [2.24, 2.45) is 0 Å². The van der Waals surface area contributed by atoms with Crippen LogP contribution in [0.25, 0.3) is 0 Å². The molecule has 1 heterocycles. The maximum Gasteiger partial charge on any atom is 0.242 e. The summed E-state index contributed by atoms with van der Waals surface area (Å²) in [7, 11) is 3.44. The number of rotatable bonds is 4. The Balaban J connectivity index is 2.63. The van der Waals surface area contributed by atoms with Crippen molar-refractivity contribution >= 4 is 5.91 Å². The van der Waals surface area contributed by atoms with Crippen LogP contribution in [0.15, 0.2) is 0 Å². The van der Waals surface area contributed by atoms with Gasteiger partial charge < -0.3 is 15.0 Å².